The first-order valence-corrected chi connectivity index (χ1v) is 10.2. The van der Waals surface area contributed by atoms with E-state index in [9.17, 15) is 14.4 Å². The van der Waals surface area contributed by atoms with Gasteiger partial charge in [-0.05, 0) is 30.9 Å². The molecule has 3 amide bonds. The van der Waals surface area contributed by atoms with Gasteiger partial charge in [0.05, 0.1) is 7.11 Å². The summed E-state index contributed by atoms with van der Waals surface area (Å²) in [6.07, 6.45) is 3.33. The molecule has 164 valence electrons. The van der Waals surface area contributed by atoms with Crippen molar-refractivity contribution in [3.63, 3.8) is 0 Å². The third-order valence-corrected chi connectivity index (χ3v) is 5.94. The van der Waals surface area contributed by atoms with Gasteiger partial charge in [0, 0.05) is 5.56 Å². The quantitative estimate of drug-likeness (QED) is 0.549. The predicted octanol–water partition coefficient (Wildman–Crippen LogP) is 2.29. The van der Waals surface area contributed by atoms with Gasteiger partial charge in [-0.2, -0.15) is 4.98 Å². The monoisotopic (exact) mass is 428 g/mol. The molecule has 2 heterocycles. The van der Waals surface area contributed by atoms with Crippen LogP contribution in [0.3, 0.4) is 0 Å². The van der Waals surface area contributed by atoms with Gasteiger partial charge >= 0.3 is 12.0 Å². The molecular formula is C21H24N4O6. The van der Waals surface area contributed by atoms with Gasteiger partial charge in [0.25, 0.3) is 11.8 Å². The normalized spacial score (nSPS) is 23.2. The number of hydrogen-bond acceptors (Lipinski definition) is 8. The highest BCUT2D eigenvalue weighted by Gasteiger charge is 2.55. The number of nitrogens with one attached hydrogen (secondary N) is 1. The summed E-state index contributed by atoms with van der Waals surface area (Å²) in [5.74, 6) is -0.000974. The highest BCUT2D eigenvalue weighted by atomic mass is 16.6. The molecule has 2 atom stereocenters. The van der Waals surface area contributed by atoms with E-state index in [0.29, 0.717) is 23.6 Å². The molecule has 1 saturated carbocycles. The van der Waals surface area contributed by atoms with E-state index in [-0.39, 0.29) is 24.3 Å². The summed E-state index contributed by atoms with van der Waals surface area (Å²) in [6, 6.07) is 6.57. The molecule has 1 aromatic carbocycles. The van der Waals surface area contributed by atoms with Crippen molar-refractivity contribution in [2.45, 2.75) is 44.8 Å². The number of aromatic nitrogens is 2. The largest absolute Gasteiger partial charge is 0.497 e. The number of urea groups is 1. The van der Waals surface area contributed by atoms with Crippen LogP contribution in [0.2, 0.25) is 0 Å². The first-order valence-electron chi connectivity index (χ1n) is 10.2. The number of ether oxygens (including phenoxy) is 2. The Bertz CT molecular complexity index is 1010. The minimum atomic E-state index is -0.909. The van der Waals surface area contributed by atoms with E-state index in [1.54, 1.807) is 31.4 Å². The Labute approximate surface area is 178 Å². The smallest absolute Gasteiger partial charge is 0.326 e. The standard InChI is InChI=1S/C21H24N4O6/c1-13-6-3-4-9-21(13)19(27)25(20(28)23-21)11-17(26)30-12-16-22-18(24-31-16)14-7-5-8-15(10-14)29-2/h5,7-8,10,13H,3-4,6,9,11-12H2,1-2H3,(H,23,28). The molecule has 31 heavy (non-hydrogen) atoms. The molecule has 10 heteroatoms. The topological polar surface area (TPSA) is 124 Å². The summed E-state index contributed by atoms with van der Waals surface area (Å²) in [6.45, 7) is 1.23. The number of esters is 1. The Balaban J connectivity index is 1.35. The lowest BCUT2D eigenvalue weighted by Gasteiger charge is -2.36. The maximum absolute atomic E-state index is 12.9. The number of nitrogens with zero attached hydrogens (tertiary/aromatic N) is 3. The Morgan fingerprint density at radius 2 is 2.19 bits per heavy atom. The van der Waals surface area contributed by atoms with E-state index in [1.165, 1.54) is 0 Å². The fourth-order valence-electron chi connectivity index (χ4n) is 4.15. The van der Waals surface area contributed by atoms with Crippen LogP contribution in [0, 0.1) is 5.92 Å². The Hall–Kier alpha value is -3.43. The Kier molecular flexibility index (Phi) is 5.62. The number of amides is 3. The lowest BCUT2D eigenvalue weighted by molar-refractivity contribution is -0.150. The van der Waals surface area contributed by atoms with E-state index in [2.05, 4.69) is 15.5 Å². The predicted molar refractivity (Wildman–Crippen MR) is 107 cm³/mol. The molecular weight excluding hydrogens is 404 g/mol. The molecule has 1 spiro atoms. The van der Waals surface area contributed by atoms with E-state index < -0.39 is 24.1 Å². The number of carbonyl (C=O) groups is 3. The average Bonchev–Trinajstić information content (AvgIpc) is 3.34. The summed E-state index contributed by atoms with van der Waals surface area (Å²) in [4.78, 5) is 42.7. The lowest BCUT2D eigenvalue weighted by atomic mass is 9.73. The van der Waals surface area contributed by atoms with Gasteiger partial charge in [-0.25, -0.2) is 4.79 Å². The van der Waals surface area contributed by atoms with Crippen LogP contribution in [0.25, 0.3) is 11.4 Å². The van der Waals surface area contributed by atoms with Crippen molar-refractivity contribution in [1.82, 2.24) is 20.4 Å². The van der Waals surface area contributed by atoms with Crippen molar-refractivity contribution in [3.05, 3.63) is 30.2 Å². The third-order valence-electron chi connectivity index (χ3n) is 5.94. The number of imide groups is 1. The van der Waals surface area contributed by atoms with E-state index in [1.807, 2.05) is 6.92 Å². The van der Waals surface area contributed by atoms with Gasteiger partial charge in [-0.3, -0.25) is 14.5 Å². The van der Waals surface area contributed by atoms with Gasteiger partial charge in [-0.15, -0.1) is 0 Å². The second kappa shape index (κ2) is 8.37. The summed E-state index contributed by atoms with van der Waals surface area (Å²) in [5.41, 5.74) is -0.222. The average molecular weight is 428 g/mol. The van der Waals surface area contributed by atoms with E-state index in [0.717, 1.165) is 24.2 Å². The van der Waals surface area contributed by atoms with Crippen LogP contribution in [-0.2, 0) is 20.9 Å². The lowest BCUT2D eigenvalue weighted by Crippen LogP contribution is -2.54. The molecule has 4 rings (SSSR count). The molecule has 10 nitrogen and oxygen atoms in total. The summed E-state index contributed by atoms with van der Waals surface area (Å²) in [5, 5.41) is 6.68. The van der Waals surface area contributed by atoms with Crippen LogP contribution in [0.5, 0.6) is 5.75 Å². The van der Waals surface area contributed by atoms with Gasteiger partial charge in [0.2, 0.25) is 5.82 Å². The van der Waals surface area contributed by atoms with Crippen molar-refractivity contribution in [2.75, 3.05) is 13.7 Å². The molecule has 1 N–H and O–H groups in total. The summed E-state index contributed by atoms with van der Waals surface area (Å²) < 4.78 is 15.4. The number of benzene rings is 1. The van der Waals surface area contributed by atoms with Crippen LogP contribution < -0.4 is 10.1 Å². The van der Waals surface area contributed by atoms with Gasteiger partial charge in [0.15, 0.2) is 6.61 Å². The fraction of sp³-hybridized carbons (Fsp3) is 0.476. The van der Waals surface area contributed by atoms with Crippen LogP contribution >= 0.6 is 0 Å². The summed E-state index contributed by atoms with van der Waals surface area (Å²) in [7, 11) is 1.56. The minimum absolute atomic E-state index is 0.0205. The minimum Gasteiger partial charge on any atom is -0.497 e. The first-order chi connectivity index (χ1) is 14.9. The van der Waals surface area contributed by atoms with Crippen LogP contribution in [-0.4, -0.2) is 52.1 Å². The van der Waals surface area contributed by atoms with Crippen LogP contribution in [0.15, 0.2) is 28.8 Å². The number of methoxy groups -OCH3 is 1. The van der Waals surface area contributed by atoms with E-state index >= 15 is 0 Å². The van der Waals surface area contributed by atoms with Crippen LogP contribution in [0.4, 0.5) is 4.79 Å². The third kappa shape index (κ3) is 3.97. The first kappa shape index (κ1) is 20.8. The molecule has 2 aliphatic rings. The molecule has 0 radical (unpaired) electrons. The molecule has 2 aromatic rings. The molecule has 0 bridgehead atoms. The second-order valence-electron chi connectivity index (χ2n) is 7.84. The highest BCUT2D eigenvalue weighted by molar-refractivity contribution is 6.08. The van der Waals surface area contributed by atoms with Crippen LogP contribution in [0.1, 0.15) is 38.5 Å². The number of hydrogen-bond donors (Lipinski definition) is 1. The second-order valence-corrected chi connectivity index (χ2v) is 7.84. The SMILES string of the molecule is COc1cccc(-c2noc(COC(=O)CN3C(=O)NC4(CCCCC4C)C3=O)n2)c1. The summed E-state index contributed by atoms with van der Waals surface area (Å²) >= 11 is 0. The van der Waals surface area contributed by atoms with Crippen molar-refractivity contribution in [1.29, 1.82) is 0 Å². The van der Waals surface area contributed by atoms with Gasteiger partial charge in [0.1, 0.15) is 17.8 Å². The Morgan fingerprint density at radius 3 is 2.97 bits per heavy atom. The molecule has 1 saturated heterocycles. The number of carbonyl (C=O) groups excluding carboxylic acids is 3. The van der Waals surface area contributed by atoms with Crippen molar-refractivity contribution >= 4 is 17.9 Å². The zero-order valence-corrected chi connectivity index (χ0v) is 17.4. The van der Waals surface area contributed by atoms with E-state index in [4.69, 9.17) is 14.0 Å². The van der Waals surface area contributed by atoms with Crippen molar-refractivity contribution in [2.24, 2.45) is 5.92 Å². The molecule has 2 unspecified atom stereocenters. The fourth-order valence-corrected chi connectivity index (χ4v) is 4.15. The van der Waals surface area contributed by atoms with Crippen molar-refractivity contribution in [3.8, 4) is 17.1 Å². The molecule has 1 aromatic heterocycles. The maximum Gasteiger partial charge on any atom is 0.326 e. The molecule has 2 fully saturated rings. The zero-order valence-electron chi connectivity index (χ0n) is 17.4. The van der Waals surface area contributed by atoms with Gasteiger partial charge in [-0.1, -0.05) is 37.1 Å². The maximum atomic E-state index is 12.9. The molecule has 1 aliphatic carbocycles. The highest BCUT2D eigenvalue weighted by Crippen LogP contribution is 2.38. The van der Waals surface area contributed by atoms with Gasteiger partial charge < -0.3 is 19.3 Å². The number of rotatable bonds is 6. The zero-order chi connectivity index (χ0) is 22.0. The Morgan fingerprint density at radius 1 is 1.35 bits per heavy atom. The molecule has 1 aliphatic heterocycles. The van der Waals surface area contributed by atoms with Crippen molar-refractivity contribution < 1.29 is 28.4 Å².